The third-order valence-corrected chi connectivity index (χ3v) is 4.13. The highest BCUT2D eigenvalue weighted by molar-refractivity contribution is 7.99. The van der Waals surface area contributed by atoms with Gasteiger partial charge >= 0.3 is 0 Å². The van der Waals surface area contributed by atoms with Gasteiger partial charge in [0, 0.05) is 18.2 Å². The largest absolute Gasteiger partial charge is 0.411 e. The molecule has 3 rings (SSSR count). The Morgan fingerprint density at radius 3 is 2.70 bits per heavy atom. The molecule has 0 aliphatic carbocycles. The average Bonchev–Trinajstić information content (AvgIpc) is 3.11. The van der Waals surface area contributed by atoms with Crippen molar-refractivity contribution in [2.24, 2.45) is 0 Å². The molecule has 0 bridgehead atoms. The van der Waals surface area contributed by atoms with Crippen molar-refractivity contribution in [1.29, 1.82) is 0 Å². The molecule has 0 aliphatic heterocycles. The highest BCUT2D eigenvalue weighted by Crippen LogP contribution is 2.25. The molecule has 0 spiro atoms. The highest BCUT2D eigenvalue weighted by Gasteiger charge is 2.13. The summed E-state index contributed by atoms with van der Waals surface area (Å²) in [5, 5.41) is 13.2. The zero-order valence-corrected chi connectivity index (χ0v) is 15.0. The number of aromatic nitrogens is 2. The second kappa shape index (κ2) is 8.45. The van der Waals surface area contributed by atoms with Gasteiger partial charge in [0.1, 0.15) is 5.82 Å². The summed E-state index contributed by atoms with van der Waals surface area (Å²) in [4.78, 5) is 23.1. The van der Waals surface area contributed by atoms with Crippen LogP contribution in [0.4, 0.5) is 15.8 Å². The predicted octanol–water partition coefficient (Wildman–Crippen LogP) is 3.56. The first-order valence-corrected chi connectivity index (χ1v) is 8.88. The fourth-order valence-electron chi connectivity index (χ4n) is 2.19. The molecule has 0 unspecified atom stereocenters. The van der Waals surface area contributed by atoms with Crippen LogP contribution in [0, 0.1) is 5.82 Å². The third-order valence-electron chi connectivity index (χ3n) is 3.31. The van der Waals surface area contributed by atoms with Crippen molar-refractivity contribution in [1.82, 2.24) is 10.2 Å². The summed E-state index contributed by atoms with van der Waals surface area (Å²) < 4.78 is 19.1. The lowest BCUT2D eigenvalue weighted by molar-refractivity contribution is -0.114. The van der Waals surface area contributed by atoms with Gasteiger partial charge in [-0.3, -0.25) is 9.59 Å². The second-order valence-corrected chi connectivity index (χ2v) is 6.38. The summed E-state index contributed by atoms with van der Waals surface area (Å²) in [5.74, 6) is -0.830. The Balaban J connectivity index is 1.60. The van der Waals surface area contributed by atoms with Crippen LogP contribution in [0.25, 0.3) is 11.5 Å². The Morgan fingerprint density at radius 1 is 1.11 bits per heavy atom. The first-order chi connectivity index (χ1) is 13.0. The van der Waals surface area contributed by atoms with Gasteiger partial charge in [-0.1, -0.05) is 30.0 Å². The van der Waals surface area contributed by atoms with Crippen molar-refractivity contribution in [3.8, 4) is 11.5 Å². The monoisotopic (exact) mass is 386 g/mol. The lowest BCUT2D eigenvalue weighted by Gasteiger charge is -2.04. The number of para-hydroxylation sites is 1. The quantitative estimate of drug-likeness (QED) is 0.629. The molecule has 3 aromatic rings. The summed E-state index contributed by atoms with van der Waals surface area (Å²) in [6.07, 6.45) is 0. The maximum Gasteiger partial charge on any atom is 0.277 e. The molecule has 0 atom stereocenters. The molecule has 2 amide bonds. The minimum Gasteiger partial charge on any atom is -0.411 e. The number of benzene rings is 2. The van der Waals surface area contributed by atoms with Crippen molar-refractivity contribution < 1.29 is 18.4 Å². The van der Waals surface area contributed by atoms with Crippen molar-refractivity contribution >= 4 is 35.0 Å². The number of nitrogens with zero attached hydrogens (tertiary/aromatic N) is 2. The Kier molecular flexibility index (Phi) is 5.82. The van der Waals surface area contributed by atoms with Gasteiger partial charge in [0.25, 0.3) is 5.22 Å². The van der Waals surface area contributed by atoms with E-state index in [1.54, 1.807) is 36.4 Å². The van der Waals surface area contributed by atoms with Crippen LogP contribution in [-0.2, 0) is 9.59 Å². The molecule has 0 saturated carbocycles. The number of hydrogen-bond donors (Lipinski definition) is 2. The molecule has 2 N–H and O–H groups in total. The van der Waals surface area contributed by atoms with Gasteiger partial charge in [0.05, 0.1) is 11.4 Å². The summed E-state index contributed by atoms with van der Waals surface area (Å²) >= 11 is 1.04. The van der Waals surface area contributed by atoms with E-state index in [9.17, 15) is 14.0 Å². The lowest BCUT2D eigenvalue weighted by atomic mass is 10.2. The number of thioether (sulfide) groups is 1. The number of nitrogens with one attached hydrogen (secondary N) is 2. The van der Waals surface area contributed by atoms with Gasteiger partial charge in [0.15, 0.2) is 0 Å². The van der Waals surface area contributed by atoms with Crippen LogP contribution >= 0.6 is 11.8 Å². The summed E-state index contributed by atoms with van der Waals surface area (Å²) in [6.45, 7) is 1.42. The first-order valence-electron chi connectivity index (χ1n) is 7.90. The van der Waals surface area contributed by atoms with Crippen LogP contribution in [-0.4, -0.2) is 27.8 Å². The molecule has 2 aromatic carbocycles. The highest BCUT2D eigenvalue weighted by atomic mass is 32.2. The Hall–Kier alpha value is -3.20. The van der Waals surface area contributed by atoms with Gasteiger partial charge < -0.3 is 15.1 Å². The van der Waals surface area contributed by atoms with Gasteiger partial charge in [-0.25, -0.2) is 4.39 Å². The van der Waals surface area contributed by atoms with E-state index in [-0.39, 0.29) is 28.5 Å². The summed E-state index contributed by atoms with van der Waals surface area (Å²) in [5.41, 5.74) is 1.36. The number of rotatable bonds is 6. The number of hydrogen-bond acceptors (Lipinski definition) is 6. The second-order valence-electron chi connectivity index (χ2n) is 5.45. The molecule has 0 radical (unpaired) electrons. The SMILES string of the molecule is CC(=O)Nc1cccc(-c2nnc(SCC(=O)Nc3ccccc3F)o2)c1. The normalized spacial score (nSPS) is 10.4. The Bertz CT molecular complexity index is 977. The van der Waals surface area contributed by atoms with Gasteiger partial charge in [0.2, 0.25) is 17.7 Å². The van der Waals surface area contributed by atoms with E-state index < -0.39 is 11.7 Å². The minimum atomic E-state index is -0.505. The van der Waals surface area contributed by atoms with Crippen LogP contribution in [0.3, 0.4) is 0 Å². The average molecular weight is 386 g/mol. The molecular formula is C18H15FN4O3S. The topological polar surface area (TPSA) is 97.1 Å². The standard InChI is InChI=1S/C18H15FN4O3S/c1-11(24)20-13-6-4-5-12(9-13)17-22-23-18(26-17)27-10-16(25)21-15-8-3-2-7-14(15)19/h2-9H,10H2,1H3,(H,20,24)(H,21,25). The van der Waals surface area contributed by atoms with Crippen molar-refractivity contribution in [3.05, 3.63) is 54.3 Å². The fourth-order valence-corrected chi connectivity index (χ4v) is 2.76. The molecule has 1 heterocycles. The maximum atomic E-state index is 13.5. The molecule has 138 valence electrons. The molecule has 0 aliphatic rings. The molecular weight excluding hydrogens is 371 g/mol. The third kappa shape index (κ3) is 5.14. The first kappa shape index (κ1) is 18.6. The molecule has 0 saturated heterocycles. The van der Waals surface area contributed by atoms with E-state index in [4.69, 9.17) is 4.42 Å². The Morgan fingerprint density at radius 2 is 1.93 bits per heavy atom. The summed E-state index contributed by atoms with van der Waals surface area (Å²) in [7, 11) is 0. The summed E-state index contributed by atoms with van der Waals surface area (Å²) in [6, 6.07) is 12.9. The van der Waals surface area contributed by atoms with E-state index >= 15 is 0 Å². The van der Waals surface area contributed by atoms with Crippen LogP contribution in [0.1, 0.15) is 6.92 Å². The molecule has 7 nitrogen and oxygen atoms in total. The number of anilines is 2. The van der Waals surface area contributed by atoms with E-state index in [2.05, 4.69) is 20.8 Å². The van der Waals surface area contributed by atoms with Crippen LogP contribution in [0.15, 0.2) is 58.2 Å². The van der Waals surface area contributed by atoms with E-state index in [0.717, 1.165) is 11.8 Å². The van der Waals surface area contributed by atoms with Crippen LogP contribution < -0.4 is 10.6 Å². The van der Waals surface area contributed by atoms with Gasteiger partial charge in [-0.05, 0) is 30.3 Å². The number of amides is 2. The van der Waals surface area contributed by atoms with Gasteiger partial charge in [-0.2, -0.15) is 0 Å². The van der Waals surface area contributed by atoms with E-state index in [0.29, 0.717) is 11.3 Å². The Labute approximate surface area is 158 Å². The maximum absolute atomic E-state index is 13.5. The molecule has 9 heteroatoms. The lowest BCUT2D eigenvalue weighted by Crippen LogP contribution is -2.14. The predicted molar refractivity (Wildman–Crippen MR) is 99.8 cm³/mol. The van der Waals surface area contributed by atoms with Crippen molar-refractivity contribution in [2.75, 3.05) is 16.4 Å². The zero-order valence-electron chi connectivity index (χ0n) is 14.2. The molecule has 1 aromatic heterocycles. The molecule has 0 fully saturated rings. The fraction of sp³-hybridized carbons (Fsp3) is 0.111. The number of carbonyl (C=O) groups is 2. The molecule has 27 heavy (non-hydrogen) atoms. The van der Waals surface area contributed by atoms with Gasteiger partial charge in [-0.15, -0.1) is 10.2 Å². The van der Waals surface area contributed by atoms with Crippen LogP contribution in [0.2, 0.25) is 0 Å². The van der Waals surface area contributed by atoms with E-state index in [1.165, 1.54) is 19.1 Å². The minimum absolute atomic E-state index is 0.0120. The van der Waals surface area contributed by atoms with Crippen molar-refractivity contribution in [2.45, 2.75) is 12.1 Å². The van der Waals surface area contributed by atoms with Crippen LogP contribution in [0.5, 0.6) is 0 Å². The zero-order chi connectivity index (χ0) is 19.2. The van der Waals surface area contributed by atoms with E-state index in [1.807, 2.05) is 0 Å². The number of carbonyl (C=O) groups excluding carboxylic acids is 2. The smallest absolute Gasteiger partial charge is 0.277 e. The van der Waals surface area contributed by atoms with Crippen molar-refractivity contribution in [3.63, 3.8) is 0 Å². The number of halogens is 1.